The lowest BCUT2D eigenvalue weighted by molar-refractivity contribution is -0.190. The molecule has 5 nitrogen and oxygen atoms in total. The second-order valence-corrected chi connectivity index (χ2v) is 7.45. The molecule has 3 unspecified atom stereocenters. The standard InChI is InChI=1S/C17H22O5S/c1-10-13(20-11(2)18)14-15(22-17(3,4)21-14)16(19-10)23-12-8-6-5-7-9-12/h5-10,13-16H,1-4H3/t10?,13-,14?,15?,16-/m0/s1. The summed E-state index contributed by atoms with van der Waals surface area (Å²) in [5.74, 6) is -1.07. The number of thioether (sulfide) groups is 1. The van der Waals surface area contributed by atoms with Gasteiger partial charge in [0.2, 0.25) is 0 Å². The zero-order valence-electron chi connectivity index (χ0n) is 13.7. The van der Waals surface area contributed by atoms with Gasteiger partial charge in [-0.2, -0.15) is 0 Å². The molecule has 0 bridgehead atoms. The predicted octanol–water partition coefficient (Wildman–Crippen LogP) is 2.98. The SMILES string of the molecule is CC(=O)O[C@H]1C(C)O[C@@H](Sc2ccccc2)C2OC(C)(C)OC21. The fourth-order valence-corrected chi connectivity index (χ4v) is 4.16. The molecule has 2 saturated heterocycles. The van der Waals surface area contributed by atoms with Crippen LogP contribution in [-0.4, -0.2) is 41.6 Å². The number of esters is 1. The summed E-state index contributed by atoms with van der Waals surface area (Å²) in [6, 6.07) is 10.0. The lowest BCUT2D eigenvalue weighted by Gasteiger charge is -2.40. The highest BCUT2D eigenvalue weighted by atomic mass is 32.2. The molecule has 2 heterocycles. The van der Waals surface area contributed by atoms with Crippen LogP contribution in [0.4, 0.5) is 0 Å². The maximum atomic E-state index is 11.4. The van der Waals surface area contributed by atoms with Gasteiger partial charge >= 0.3 is 5.97 Å². The van der Waals surface area contributed by atoms with Gasteiger partial charge < -0.3 is 18.9 Å². The van der Waals surface area contributed by atoms with E-state index in [0.717, 1.165) is 4.90 Å². The normalized spacial score (nSPS) is 35.6. The van der Waals surface area contributed by atoms with Crippen LogP contribution in [0.1, 0.15) is 27.7 Å². The summed E-state index contributed by atoms with van der Waals surface area (Å²) in [5.41, 5.74) is -0.217. The summed E-state index contributed by atoms with van der Waals surface area (Å²) in [5, 5.41) is 0. The molecule has 2 aliphatic rings. The lowest BCUT2D eigenvalue weighted by atomic mass is 10.0. The minimum absolute atomic E-state index is 0.217. The maximum Gasteiger partial charge on any atom is 0.303 e. The number of hydrogen-bond donors (Lipinski definition) is 0. The number of carbonyl (C=O) groups is 1. The summed E-state index contributed by atoms with van der Waals surface area (Å²) in [6.45, 7) is 7.03. The van der Waals surface area contributed by atoms with Crippen LogP contribution in [-0.2, 0) is 23.7 Å². The van der Waals surface area contributed by atoms with Crippen molar-refractivity contribution in [2.24, 2.45) is 0 Å². The lowest BCUT2D eigenvalue weighted by Crippen LogP contribution is -2.55. The van der Waals surface area contributed by atoms with Crippen molar-refractivity contribution in [1.82, 2.24) is 0 Å². The Morgan fingerprint density at radius 1 is 1.17 bits per heavy atom. The molecule has 1 aromatic rings. The molecule has 23 heavy (non-hydrogen) atoms. The van der Waals surface area contributed by atoms with E-state index in [1.54, 1.807) is 11.8 Å². The third-order valence-corrected chi connectivity index (χ3v) is 5.02. The molecule has 5 atom stereocenters. The quantitative estimate of drug-likeness (QED) is 0.790. The van der Waals surface area contributed by atoms with Gasteiger partial charge in [-0.1, -0.05) is 30.0 Å². The van der Waals surface area contributed by atoms with E-state index in [0.29, 0.717) is 0 Å². The molecule has 1 aromatic carbocycles. The van der Waals surface area contributed by atoms with Gasteiger partial charge in [0.1, 0.15) is 17.6 Å². The minimum atomic E-state index is -0.726. The van der Waals surface area contributed by atoms with Crippen molar-refractivity contribution in [1.29, 1.82) is 0 Å². The van der Waals surface area contributed by atoms with Gasteiger partial charge in [-0.15, -0.1) is 0 Å². The Labute approximate surface area is 140 Å². The van der Waals surface area contributed by atoms with Gasteiger partial charge in [0.25, 0.3) is 0 Å². The molecule has 0 aliphatic carbocycles. The predicted molar refractivity (Wildman–Crippen MR) is 86.0 cm³/mol. The second-order valence-electron chi connectivity index (χ2n) is 6.28. The van der Waals surface area contributed by atoms with E-state index in [4.69, 9.17) is 18.9 Å². The van der Waals surface area contributed by atoms with Crippen molar-refractivity contribution in [3.63, 3.8) is 0 Å². The van der Waals surface area contributed by atoms with Crippen LogP contribution < -0.4 is 0 Å². The molecular weight excluding hydrogens is 316 g/mol. The Morgan fingerprint density at radius 2 is 1.83 bits per heavy atom. The van der Waals surface area contributed by atoms with E-state index < -0.39 is 11.9 Å². The minimum Gasteiger partial charge on any atom is -0.457 e. The third-order valence-electron chi connectivity index (χ3n) is 3.86. The largest absolute Gasteiger partial charge is 0.457 e. The van der Waals surface area contributed by atoms with Crippen LogP contribution >= 0.6 is 11.8 Å². The van der Waals surface area contributed by atoms with Crippen LogP contribution in [0, 0.1) is 0 Å². The topological polar surface area (TPSA) is 54.0 Å². The van der Waals surface area contributed by atoms with Crippen molar-refractivity contribution in [2.75, 3.05) is 0 Å². The Kier molecular flexibility index (Phi) is 4.69. The van der Waals surface area contributed by atoms with Crippen LogP contribution in [0.2, 0.25) is 0 Å². The van der Waals surface area contributed by atoms with Crippen LogP contribution in [0.15, 0.2) is 35.2 Å². The van der Waals surface area contributed by atoms with E-state index >= 15 is 0 Å². The monoisotopic (exact) mass is 338 g/mol. The highest BCUT2D eigenvalue weighted by Crippen LogP contribution is 2.43. The van der Waals surface area contributed by atoms with Crippen LogP contribution in [0.3, 0.4) is 0 Å². The average molecular weight is 338 g/mol. The number of carbonyl (C=O) groups excluding carboxylic acids is 1. The highest BCUT2D eigenvalue weighted by molar-refractivity contribution is 7.99. The number of fused-ring (bicyclic) bond motifs is 1. The summed E-state index contributed by atoms with van der Waals surface area (Å²) in [7, 11) is 0. The Bertz CT molecular complexity index is 561. The van der Waals surface area contributed by atoms with E-state index in [9.17, 15) is 4.79 Å². The second kappa shape index (κ2) is 6.43. The maximum absolute atomic E-state index is 11.4. The zero-order chi connectivity index (χ0) is 16.6. The average Bonchev–Trinajstić information content (AvgIpc) is 2.80. The van der Waals surface area contributed by atoms with Crippen LogP contribution in [0.25, 0.3) is 0 Å². The first-order valence-electron chi connectivity index (χ1n) is 7.76. The molecule has 2 aliphatic heterocycles. The smallest absolute Gasteiger partial charge is 0.303 e. The van der Waals surface area contributed by atoms with E-state index in [2.05, 4.69) is 0 Å². The molecule has 0 amide bonds. The number of hydrogen-bond acceptors (Lipinski definition) is 6. The Hall–Kier alpha value is -1.08. The molecule has 3 rings (SSSR count). The molecular formula is C17H22O5S. The molecule has 126 valence electrons. The first-order chi connectivity index (χ1) is 10.9. The number of rotatable bonds is 3. The van der Waals surface area contributed by atoms with Crippen molar-refractivity contribution in [2.45, 2.75) is 68.2 Å². The summed E-state index contributed by atoms with van der Waals surface area (Å²) in [4.78, 5) is 12.5. The molecule has 0 N–H and O–H groups in total. The molecule has 0 radical (unpaired) electrons. The Balaban J connectivity index is 1.82. The fourth-order valence-electron chi connectivity index (χ4n) is 3.00. The molecule has 0 saturated carbocycles. The van der Waals surface area contributed by atoms with E-state index in [-0.39, 0.29) is 29.7 Å². The van der Waals surface area contributed by atoms with Gasteiger partial charge in [0.15, 0.2) is 11.9 Å². The van der Waals surface area contributed by atoms with Gasteiger partial charge in [-0.25, -0.2) is 0 Å². The summed E-state index contributed by atoms with van der Waals surface area (Å²) < 4.78 is 23.6. The Morgan fingerprint density at radius 3 is 2.48 bits per heavy atom. The van der Waals surface area contributed by atoms with Crippen molar-refractivity contribution < 1.29 is 23.7 Å². The van der Waals surface area contributed by atoms with Crippen molar-refractivity contribution in [3.8, 4) is 0 Å². The first kappa shape index (κ1) is 16.8. The molecule has 6 heteroatoms. The van der Waals surface area contributed by atoms with Gasteiger partial charge in [-0.05, 0) is 32.9 Å². The van der Waals surface area contributed by atoms with Gasteiger partial charge in [0.05, 0.1) is 6.10 Å². The third kappa shape index (κ3) is 3.71. The summed E-state index contributed by atoms with van der Waals surface area (Å²) in [6.07, 6.45) is -1.36. The van der Waals surface area contributed by atoms with Crippen molar-refractivity contribution >= 4 is 17.7 Å². The van der Waals surface area contributed by atoms with E-state index in [1.165, 1.54) is 6.92 Å². The molecule has 0 spiro atoms. The highest BCUT2D eigenvalue weighted by Gasteiger charge is 2.55. The zero-order valence-corrected chi connectivity index (χ0v) is 14.5. The summed E-state index contributed by atoms with van der Waals surface area (Å²) >= 11 is 1.60. The van der Waals surface area contributed by atoms with Crippen molar-refractivity contribution in [3.05, 3.63) is 30.3 Å². The fraction of sp³-hybridized carbons (Fsp3) is 0.588. The van der Waals surface area contributed by atoms with Crippen LogP contribution in [0.5, 0.6) is 0 Å². The van der Waals surface area contributed by atoms with Gasteiger partial charge in [-0.3, -0.25) is 4.79 Å². The number of ether oxygens (including phenoxy) is 4. The molecule has 2 fully saturated rings. The molecule has 0 aromatic heterocycles. The van der Waals surface area contributed by atoms with Gasteiger partial charge in [0, 0.05) is 11.8 Å². The number of benzene rings is 1. The van der Waals surface area contributed by atoms with E-state index in [1.807, 2.05) is 51.1 Å². The first-order valence-corrected chi connectivity index (χ1v) is 8.64.